The average molecular weight is 418 g/mol. The van der Waals surface area contributed by atoms with Gasteiger partial charge in [0.1, 0.15) is 12.3 Å². The molecule has 1 aliphatic heterocycles. The monoisotopic (exact) mass is 417 g/mol. The Morgan fingerprint density at radius 3 is 2.10 bits per heavy atom. The van der Waals surface area contributed by atoms with E-state index in [2.05, 4.69) is 48.1 Å². The lowest BCUT2D eigenvalue weighted by molar-refractivity contribution is -0.146. The molecule has 1 aromatic rings. The molecule has 0 saturated carbocycles. The van der Waals surface area contributed by atoms with Crippen molar-refractivity contribution >= 4 is 14.2 Å². The molecule has 1 amide bonds. The first-order chi connectivity index (χ1) is 13.7. The van der Waals surface area contributed by atoms with Gasteiger partial charge in [0.25, 0.3) is 5.91 Å². The van der Waals surface area contributed by atoms with Crippen molar-refractivity contribution in [1.82, 2.24) is 4.90 Å². The smallest absolute Gasteiger partial charge is 0.253 e. The third-order valence-corrected chi connectivity index (χ3v) is 12.6. The molecule has 4 nitrogen and oxygen atoms in total. The summed E-state index contributed by atoms with van der Waals surface area (Å²) in [6.45, 7) is 18.0. The molecular formula is C24H39NO3Si. The standard InChI is InChI=1S/C24H39NO3Si/c1-8-21(20-13-10-9-11-14-20)23(24(27)25-16-12-15-22(25)26)28-29(17(2)3,18(4)5)19(6)7/h8-11,13-14,17-19,21-23,26H,1,12,15-16H2,2-7H3. The molecule has 0 aliphatic carbocycles. The minimum absolute atomic E-state index is 0.109. The number of nitrogens with zero attached hydrogens (tertiary/aromatic N) is 1. The number of rotatable bonds is 9. The van der Waals surface area contributed by atoms with Gasteiger partial charge in [-0.15, -0.1) is 6.58 Å². The Morgan fingerprint density at radius 2 is 1.69 bits per heavy atom. The van der Waals surface area contributed by atoms with Crippen LogP contribution in [0.2, 0.25) is 16.6 Å². The van der Waals surface area contributed by atoms with Crippen LogP contribution in [0.25, 0.3) is 0 Å². The Kier molecular flexibility index (Phi) is 8.26. The van der Waals surface area contributed by atoms with E-state index in [-0.39, 0.29) is 11.8 Å². The van der Waals surface area contributed by atoms with Crippen LogP contribution in [0.3, 0.4) is 0 Å². The third kappa shape index (κ3) is 4.84. The molecule has 0 spiro atoms. The molecule has 3 atom stereocenters. The third-order valence-electron chi connectivity index (χ3n) is 6.55. The predicted octanol–water partition coefficient (Wildman–Crippen LogP) is 5.46. The molecule has 0 radical (unpaired) electrons. The number of carbonyl (C=O) groups is 1. The minimum atomic E-state index is -2.32. The highest BCUT2D eigenvalue weighted by atomic mass is 28.4. The number of likely N-dealkylation sites (tertiary alicyclic amines) is 1. The molecule has 1 aromatic carbocycles. The summed E-state index contributed by atoms with van der Waals surface area (Å²) in [6.07, 6.45) is 1.90. The molecule has 1 saturated heterocycles. The van der Waals surface area contributed by atoms with Crippen LogP contribution in [0, 0.1) is 0 Å². The van der Waals surface area contributed by atoms with E-state index in [0.29, 0.717) is 29.6 Å². The summed E-state index contributed by atoms with van der Waals surface area (Å²) in [6, 6.07) is 9.99. The number of aliphatic hydroxyl groups excluding tert-OH is 1. The molecule has 5 heteroatoms. The zero-order chi connectivity index (χ0) is 21.8. The summed E-state index contributed by atoms with van der Waals surface area (Å²) >= 11 is 0. The van der Waals surface area contributed by atoms with E-state index >= 15 is 0 Å². The summed E-state index contributed by atoms with van der Waals surface area (Å²) in [5.41, 5.74) is 2.11. The van der Waals surface area contributed by atoms with Gasteiger partial charge in [0.2, 0.25) is 8.32 Å². The van der Waals surface area contributed by atoms with Gasteiger partial charge >= 0.3 is 0 Å². The second kappa shape index (κ2) is 10.1. The largest absolute Gasteiger partial charge is 0.403 e. The van der Waals surface area contributed by atoms with Crippen molar-refractivity contribution in [1.29, 1.82) is 0 Å². The summed E-state index contributed by atoms with van der Waals surface area (Å²) in [7, 11) is -2.32. The number of hydrogen-bond donors (Lipinski definition) is 1. The van der Waals surface area contributed by atoms with Crippen molar-refractivity contribution in [3.8, 4) is 0 Å². The van der Waals surface area contributed by atoms with E-state index in [9.17, 15) is 9.90 Å². The molecule has 1 heterocycles. The van der Waals surface area contributed by atoms with E-state index in [4.69, 9.17) is 4.43 Å². The van der Waals surface area contributed by atoms with Crippen LogP contribution >= 0.6 is 0 Å². The van der Waals surface area contributed by atoms with E-state index in [1.165, 1.54) is 0 Å². The molecule has 3 unspecified atom stereocenters. The SMILES string of the molecule is C=CC(c1ccccc1)C(O[Si](C(C)C)(C(C)C)C(C)C)C(=O)N1CCCC1O. The van der Waals surface area contributed by atoms with Crippen LogP contribution in [-0.2, 0) is 9.22 Å². The van der Waals surface area contributed by atoms with Gasteiger partial charge < -0.3 is 14.4 Å². The van der Waals surface area contributed by atoms with E-state index < -0.39 is 20.6 Å². The maximum absolute atomic E-state index is 13.7. The van der Waals surface area contributed by atoms with Gasteiger partial charge in [-0.05, 0) is 35.0 Å². The number of amides is 1. The number of benzene rings is 1. The van der Waals surface area contributed by atoms with Gasteiger partial charge in [-0.3, -0.25) is 4.79 Å². The van der Waals surface area contributed by atoms with Crippen molar-refractivity contribution in [2.24, 2.45) is 0 Å². The first-order valence-electron chi connectivity index (χ1n) is 11.0. The molecule has 29 heavy (non-hydrogen) atoms. The van der Waals surface area contributed by atoms with Gasteiger partial charge in [0.15, 0.2) is 0 Å². The van der Waals surface area contributed by atoms with Crippen LogP contribution < -0.4 is 0 Å². The maximum atomic E-state index is 13.7. The Bertz CT molecular complexity index is 652. The number of aliphatic hydroxyl groups is 1. The fraction of sp³-hybridized carbons (Fsp3) is 0.625. The molecule has 1 aliphatic rings. The topological polar surface area (TPSA) is 49.8 Å². The summed E-state index contributed by atoms with van der Waals surface area (Å²) < 4.78 is 7.02. The highest BCUT2D eigenvalue weighted by Gasteiger charge is 2.50. The van der Waals surface area contributed by atoms with Gasteiger partial charge in [-0.1, -0.05) is 78.0 Å². The fourth-order valence-electron chi connectivity index (χ4n) is 5.18. The van der Waals surface area contributed by atoms with Crippen LogP contribution in [0.4, 0.5) is 0 Å². The van der Waals surface area contributed by atoms with Crippen molar-refractivity contribution in [2.75, 3.05) is 6.54 Å². The molecule has 1 N–H and O–H groups in total. The molecule has 0 aromatic heterocycles. The molecule has 1 fully saturated rings. The summed E-state index contributed by atoms with van der Waals surface area (Å²) in [4.78, 5) is 15.3. The lowest BCUT2D eigenvalue weighted by Crippen LogP contribution is -2.55. The van der Waals surface area contributed by atoms with Gasteiger partial charge in [-0.2, -0.15) is 0 Å². The van der Waals surface area contributed by atoms with E-state index in [0.717, 1.165) is 12.0 Å². The minimum Gasteiger partial charge on any atom is -0.403 e. The second-order valence-corrected chi connectivity index (χ2v) is 14.6. The Labute approximate surface area is 178 Å². The fourth-order valence-corrected chi connectivity index (χ4v) is 10.7. The average Bonchev–Trinajstić information content (AvgIpc) is 3.10. The summed E-state index contributed by atoms with van der Waals surface area (Å²) in [5.74, 6) is -0.359. The number of hydrogen-bond acceptors (Lipinski definition) is 3. The molecule has 0 bridgehead atoms. The van der Waals surface area contributed by atoms with Gasteiger partial charge in [0.05, 0.1) is 0 Å². The Morgan fingerprint density at radius 1 is 1.14 bits per heavy atom. The van der Waals surface area contributed by atoms with Crippen LogP contribution in [0.5, 0.6) is 0 Å². The first-order valence-corrected chi connectivity index (χ1v) is 13.1. The quantitative estimate of drug-likeness (QED) is 0.429. The molecular weight excluding hydrogens is 378 g/mol. The first kappa shape index (κ1) is 23.8. The zero-order valence-electron chi connectivity index (χ0n) is 19.0. The Balaban J connectivity index is 2.53. The van der Waals surface area contributed by atoms with Crippen LogP contribution in [0.1, 0.15) is 65.9 Å². The summed E-state index contributed by atoms with van der Waals surface area (Å²) in [5, 5.41) is 10.4. The highest BCUT2D eigenvalue weighted by molar-refractivity contribution is 6.77. The molecule has 162 valence electrons. The normalized spacial score (nSPS) is 19.8. The molecule has 2 rings (SSSR count). The maximum Gasteiger partial charge on any atom is 0.253 e. The number of carbonyl (C=O) groups excluding carboxylic acids is 1. The van der Waals surface area contributed by atoms with Gasteiger partial charge in [-0.25, -0.2) is 0 Å². The Hall–Kier alpha value is -1.43. The van der Waals surface area contributed by atoms with Crippen molar-refractivity contribution in [3.05, 3.63) is 48.6 Å². The predicted molar refractivity (Wildman–Crippen MR) is 122 cm³/mol. The van der Waals surface area contributed by atoms with E-state index in [1.54, 1.807) is 4.90 Å². The van der Waals surface area contributed by atoms with Crippen molar-refractivity contribution in [2.45, 2.75) is 89.3 Å². The van der Waals surface area contributed by atoms with Crippen molar-refractivity contribution < 1.29 is 14.3 Å². The highest BCUT2D eigenvalue weighted by Crippen LogP contribution is 2.45. The lowest BCUT2D eigenvalue weighted by Gasteiger charge is -2.46. The van der Waals surface area contributed by atoms with Gasteiger partial charge in [0, 0.05) is 12.5 Å². The zero-order valence-corrected chi connectivity index (χ0v) is 20.0. The van der Waals surface area contributed by atoms with Crippen LogP contribution in [0.15, 0.2) is 43.0 Å². The van der Waals surface area contributed by atoms with Crippen LogP contribution in [-0.4, -0.2) is 43.1 Å². The van der Waals surface area contributed by atoms with Crippen molar-refractivity contribution in [3.63, 3.8) is 0 Å². The lowest BCUT2D eigenvalue weighted by atomic mass is 9.92. The second-order valence-electron chi connectivity index (χ2n) is 9.18. The van der Waals surface area contributed by atoms with E-state index in [1.807, 2.05) is 36.4 Å².